The van der Waals surface area contributed by atoms with Crippen molar-refractivity contribution in [2.75, 3.05) is 6.61 Å². The van der Waals surface area contributed by atoms with Gasteiger partial charge in [-0.25, -0.2) is 9.78 Å². The third-order valence-electron chi connectivity index (χ3n) is 4.19. The highest BCUT2D eigenvalue weighted by molar-refractivity contribution is 7.12. The van der Waals surface area contributed by atoms with Gasteiger partial charge in [-0.15, -0.1) is 11.3 Å². The zero-order chi connectivity index (χ0) is 19.1. The standard InChI is InChI=1S/C23H23NO2S/c1-3-26-22(25)16-14-19-11-9-18(10-12-19)13-15-21-24-23(17(2)27-21)20-7-5-4-6-8-20/h4-12,14,16H,3,13,15H2,1-2H3. The van der Waals surface area contributed by atoms with Crippen molar-refractivity contribution in [2.45, 2.75) is 26.7 Å². The number of carbonyl (C=O) groups excluding carboxylic acids is 1. The van der Waals surface area contributed by atoms with Gasteiger partial charge in [-0.05, 0) is 37.5 Å². The van der Waals surface area contributed by atoms with Crippen LogP contribution in [0.5, 0.6) is 0 Å². The molecule has 3 nitrogen and oxygen atoms in total. The number of benzene rings is 2. The minimum absolute atomic E-state index is 0.310. The van der Waals surface area contributed by atoms with Crippen LogP contribution in [0.2, 0.25) is 0 Å². The molecule has 0 unspecified atom stereocenters. The van der Waals surface area contributed by atoms with Crippen LogP contribution in [-0.2, 0) is 22.4 Å². The lowest BCUT2D eigenvalue weighted by molar-refractivity contribution is -0.137. The molecule has 0 saturated heterocycles. The Morgan fingerprint density at radius 1 is 1.07 bits per heavy atom. The SMILES string of the molecule is CCOC(=O)C=Cc1ccc(CCc2nc(-c3ccccc3)c(C)s2)cc1. The fraction of sp³-hybridized carbons (Fsp3) is 0.217. The van der Waals surface area contributed by atoms with Gasteiger partial charge in [0, 0.05) is 22.9 Å². The van der Waals surface area contributed by atoms with E-state index >= 15 is 0 Å². The molecule has 0 atom stereocenters. The Balaban J connectivity index is 1.60. The fourth-order valence-electron chi connectivity index (χ4n) is 2.82. The van der Waals surface area contributed by atoms with Crippen molar-refractivity contribution in [3.63, 3.8) is 0 Å². The molecule has 3 rings (SSSR count). The number of esters is 1. The van der Waals surface area contributed by atoms with E-state index in [0.717, 1.165) is 29.1 Å². The quantitative estimate of drug-likeness (QED) is 0.404. The zero-order valence-corrected chi connectivity index (χ0v) is 16.5. The van der Waals surface area contributed by atoms with Gasteiger partial charge in [0.15, 0.2) is 0 Å². The molecule has 1 heterocycles. The molecule has 0 spiro atoms. The second-order valence-electron chi connectivity index (χ2n) is 6.21. The summed E-state index contributed by atoms with van der Waals surface area (Å²) in [6.07, 6.45) is 5.11. The van der Waals surface area contributed by atoms with Crippen LogP contribution in [0.15, 0.2) is 60.7 Å². The van der Waals surface area contributed by atoms with Crippen molar-refractivity contribution in [1.29, 1.82) is 0 Å². The maximum Gasteiger partial charge on any atom is 0.330 e. The molecular weight excluding hydrogens is 354 g/mol. The van der Waals surface area contributed by atoms with Crippen LogP contribution in [0.1, 0.15) is 27.9 Å². The summed E-state index contributed by atoms with van der Waals surface area (Å²) in [5, 5.41) is 1.16. The Hall–Kier alpha value is -2.72. The lowest BCUT2D eigenvalue weighted by Crippen LogP contribution is -1.98. The molecule has 27 heavy (non-hydrogen) atoms. The summed E-state index contributed by atoms with van der Waals surface area (Å²) < 4.78 is 4.89. The van der Waals surface area contributed by atoms with E-state index < -0.39 is 0 Å². The van der Waals surface area contributed by atoms with Crippen LogP contribution in [-0.4, -0.2) is 17.6 Å². The number of aryl methyl sites for hydroxylation is 3. The minimum atomic E-state index is -0.310. The Kier molecular flexibility index (Phi) is 6.55. The largest absolute Gasteiger partial charge is 0.463 e. The van der Waals surface area contributed by atoms with Gasteiger partial charge in [0.25, 0.3) is 0 Å². The summed E-state index contributed by atoms with van der Waals surface area (Å²) >= 11 is 1.77. The zero-order valence-electron chi connectivity index (χ0n) is 15.6. The molecule has 0 amide bonds. The van der Waals surface area contributed by atoms with Crippen LogP contribution in [0.4, 0.5) is 0 Å². The monoisotopic (exact) mass is 377 g/mol. The second-order valence-corrected chi connectivity index (χ2v) is 7.49. The van der Waals surface area contributed by atoms with E-state index in [-0.39, 0.29) is 5.97 Å². The predicted molar refractivity (Wildman–Crippen MR) is 112 cm³/mol. The van der Waals surface area contributed by atoms with Crippen LogP contribution >= 0.6 is 11.3 Å². The number of nitrogens with zero attached hydrogens (tertiary/aromatic N) is 1. The van der Waals surface area contributed by atoms with Crippen LogP contribution in [0.25, 0.3) is 17.3 Å². The Labute approximate surface area is 164 Å². The van der Waals surface area contributed by atoms with Gasteiger partial charge in [-0.2, -0.15) is 0 Å². The van der Waals surface area contributed by atoms with Crippen molar-refractivity contribution < 1.29 is 9.53 Å². The average Bonchev–Trinajstić information content (AvgIpc) is 3.07. The van der Waals surface area contributed by atoms with Gasteiger partial charge < -0.3 is 4.74 Å². The maximum atomic E-state index is 11.4. The number of aromatic nitrogens is 1. The molecule has 0 aliphatic heterocycles. The van der Waals surface area contributed by atoms with E-state index in [1.807, 2.05) is 30.3 Å². The summed E-state index contributed by atoms with van der Waals surface area (Å²) in [7, 11) is 0. The Morgan fingerprint density at radius 3 is 2.52 bits per heavy atom. The van der Waals surface area contributed by atoms with E-state index in [0.29, 0.717) is 6.61 Å². The summed E-state index contributed by atoms with van der Waals surface area (Å²) in [6.45, 7) is 4.33. The second kappa shape index (κ2) is 9.28. The highest BCUT2D eigenvalue weighted by atomic mass is 32.1. The van der Waals surface area contributed by atoms with Crippen LogP contribution < -0.4 is 0 Å². The number of carbonyl (C=O) groups is 1. The molecular formula is C23H23NO2S. The number of hydrogen-bond acceptors (Lipinski definition) is 4. The third kappa shape index (κ3) is 5.38. The lowest BCUT2D eigenvalue weighted by atomic mass is 10.1. The maximum absolute atomic E-state index is 11.4. The van der Waals surface area contributed by atoms with Crippen molar-refractivity contribution >= 4 is 23.4 Å². The first-order chi connectivity index (χ1) is 13.2. The summed E-state index contributed by atoms with van der Waals surface area (Å²) in [5.41, 5.74) is 4.52. The van der Waals surface area contributed by atoms with E-state index in [4.69, 9.17) is 9.72 Å². The van der Waals surface area contributed by atoms with Gasteiger partial charge in [-0.1, -0.05) is 54.6 Å². The molecule has 0 radical (unpaired) electrons. The topological polar surface area (TPSA) is 39.2 Å². The van der Waals surface area contributed by atoms with E-state index in [1.54, 1.807) is 24.3 Å². The van der Waals surface area contributed by atoms with Crippen molar-refractivity contribution in [1.82, 2.24) is 4.98 Å². The van der Waals surface area contributed by atoms with E-state index in [2.05, 4.69) is 31.2 Å². The predicted octanol–water partition coefficient (Wildman–Crippen LogP) is 5.48. The molecule has 3 aromatic rings. The van der Waals surface area contributed by atoms with Gasteiger partial charge >= 0.3 is 5.97 Å². The van der Waals surface area contributed by atoms with Crippen LogP contribution in [0.3, 0.4) is 0 Å². The van der Waals surface area contributed by atoms with Gasteiger partial charge in [0.2, 0.25) is 0 Å². The molecule has 2 aromatic carbocycles. The highest BCUT2D eigenvalue weighted by Gasteiger charge is 2.09. The first kappa shape index (κ1) is 19.1. The first-order valence-corrected chi connectivity index (χ1v) is 9.93. The fourth-order valence-corrected chi connectivity index (χ4v) is 3.78. The highest BCUT2D eigenvalue weighted by Crippen LogP contribution is 2.28. The molecule has 0 aliphatic carbocycles. The first-order valence-electron chi connectivity index (χ1n) is 9.11. The van der Waals surface area contributed by atoms with Gasteiger partial charge in [0.1, 0.15) is 0 Å². The molecule has 0 saturated carbocycles. The molecule has 0 fully saturated rings. The normalized spacial score (nSPS) is 11.0. The summed E-state index contributed by atoms with van der Waals surface area (Å²) in [6, 6.07) is 18.6. The van der Waals surface area contributed by atoms with Crippen molar-refractivity contribution in [3.8, 4) is 11.3 Å². The van der Waals surface area contributed by atoms with E-state index in [1.165, 1.54) is 22.1 Å². The number of rotatable bonds is 7. The lowest BCUT2D eigenvalue weighted by Gasteiger charge is -2.01. The van der Waals surface area contributed by atoms with Crippen LogP contribution in [0, 0.1) is 6.92 Å². The smallest absolute Gasteiger partial charge is 0.330 e. The van der Waals surface area contributed by atoms with Crippen molar-refractivity contribution in [3.05, 3.63) is 81.7 Å². The number of hydrogen-bond donors (Lipinski definition) is 0. The summed E-state index contributed by atoms with van der Waals surface area (Å²) in [5.74, 6) is -0.310. The Bertz CT molecular complexity index is 911. The molecule has 0 aliphatic rings. The molecule has 4 heteroatoms. The number of ether oxygens (including phenoxy) is 1. The Morgan fingerprint density at radius 2 is 1.81 bits per heavy atom. The average molecular weight is 378 g/mol. The molecule has 1 aromatic heterocycles. The molecule has 138 valence electrons. The van der Waals surface area contributed by atoms with Crippen molar-refractivity contribution in [2.24, 2.45) is 0 Å². The minimum Gasteiger partial charge on any atom is -0.463 e. The molecule has 0 N–H and O–H groups in total. The number of thiazole rings is 1. The van der Waals surface area contributed by atoms with E-state index in [9.17, 15) is 4.79 Å². The third-order valence-corrected chi connectivity index (χ3v) is 5.22. The summed E-state index contributed by atoms with van der Waals surface area (Å²) in [4.78, 5) is 17.5. The molecule has 0 bridgehead atoms. The van der Waals surface area contributed by atoms with Gasteiger partial charge in [-0.3, -0.25) is 0 Å². The van der Waals surface area contributed by atoms with Gasteiger partial charge in [0.05, 0.1) is 17.3 Å².